The van der Waals surface area contributed by atoms with Gasteiger partial charge in [-0.05, 0) is 23.3 Å². The summed E-state index contributed by atoms with van der Waals surface area (Å²) in [6.07, 6.45) is 1.95. The van der Waals surface area contributed by atoms with Gasteiger partial charge < -0.3 is 0 Å². The molecule has 0 amide bonds. The van der Waals surface area contributed by atoms with Crippen molar-refractivity contribution in [3.63, 3.8) is 0 Å². The molecule has 1 unspecified atom stereocenters. The third kappa shape index (κ3) is 4.96. The van der Waals surface area contributed by atoms with Gasteiger partial charge in [0.05, 0.1) is 6.04 Å². The van der Waals surface area contributed by atoms with Crippen LogP contribution in [0.25, 0.3) is 0 Å². The van der Waals surface area contributed by atoms with Crippen LogP contribution in [0.15, 0.2) is 104 Å². The largest absolute Gasteiger partial charge is 0.278 e. The molecule has 0 aliphatic carbocycles. The lowest BCUT2D eigenvalue weighted by atomic mass is 10.0. The fraction of sp³-hybridized carbons (Fsp3) is 0.120. The zero-order valence-corrected chi connectivity index (χ0v) is 14.9. The number of hydrogen-bond acceptors (Lipinski definition) is 1. The van der Waals surface area contributed by atoms with Gasteiger partial charge in [-0.3, -0.25) is 4.90 Å². The molecule has 0 aliphatic heterocycles. The number of hydrogen-bond donors (Lipinski definition) is 0. The smallest absolute Gasteiger partial charge is 0.0980 e. The molecule has 0 aliphatic rings. The average molecular weight is 337 g/mol. The molecule has 0 fully saturated rings. The van der Waals surface area contributed by atoms with Gasteiger partial charge in [-0.2, -0.15) is 0 Å². The molecule has 0 saturated heterocycles. The highest BCUT2D eigenvalue weighted by molar-refractivity contribution is 5.38. The molecule has 3 rings (SSSR count). The van der Waals surface area contributed by atoms with Crippen LogP contribution in [0.2, 0.25) is 0 Å². The topological polar surface area (TPSA) is 3.24 Å². The summed E-state index contributed by atoms with van der Waals surface area (Å²) in [7, 11) is 0. The van der Waals surface area contributed by atoms with E-state index < -0.39 is 0 Å². The summed E-state index contributed by atoms with van der Waals surface area (Å²) in [6, 6.07) is 31.1. The SMILES string of the molecule is C=CCN(Cc1ccccc1)C(C#Cc1ccccc1)c1ccccc1. The van der Waals surface area contributed by atoms with Crippen molar-refractivity contribution in [2.75, 3.05) is 6.54 Å². The number of benzene rings is 3. The maximum Gasteiger partial charge on any atom is 0.0980 e. The van der Waals surface area contributed by atoms with Gasteiger partial charge in [0, 0.05) is 18.7 Å². The van der Waals surface area contributed by atoms with E-state index in [-0.39, 0.29) is 6.04 Å². The first kappa shape index (κ1) is 17.7. The van der Waals surface area contributed by atoms with E-state index in [4.69, 9.17) is 0 Å². The second-order valence-corrected chi connectivity index (χ2v) is 6.15. The summed E-state index contributed by atoms with van der Waals surface area (Å²) >= 11 is 0. The summed E-state index contributed by atoms with van der Waals surface area (Å²) in [4.78, 5) is 2.35. The summed E-state index contributed by atoms with van der Waals surface area (Å²) in [5.41, 5.74) is 3.51. The summed E-state index contributed by atoms with van der Waals surface area (Å²) in [5.74, 6) is 6.83. The van der Waals surface area contributed by atoms with Gasteiger partial charge >= 0.3 is 0 Å². The van der Waals surface area contributed by atoms with E-state index in [1.54, 1.807) is 0 Å². The van der Waals surface area contributed by atoms with Gasteiger partial charge in [0.2, 0.25) is 0 Å². The molecule has 3 aromatic rings. The van der Waals surface area contributed by atoms with Crippen LogP contribution in [0.1, 0.15) is 22.7 Å². The minimum Gasteiger partial charge on any atom is -0.278 e. The minimum absolute atomic E-state index is 0.00890. The molecule has 1 nitrogen and oxygen atoms in total. The first-order chi connectivity index (χ1) is 12.9. The Bertz CT molecular complexity index is 858. The fourth-order valence-corrected chi connectivity index (χ4v) is 2.94. The predicted molar refractivity (Wildman–Crippen MR) is 110 cm³/mol. The van der Waals surface area contributed by atoms with Crippen molar-refractivity contribution in [2.24, 2.45) is 0 Å². The van der Waals surface area contributed by atoms with Gasteiger partial charge in [-0.15, -0.1) is 6.58 Å². The van der Waals surface area contributed by atoms with Crippen molar-refractivity contribution in [1.82, 2.24) is 4.90 Å². The van der Waals surface area contributed by atoms with Crippen molar-refractivity contribution < 1.29 is 0 Å². The van der Waals surface area contributed by atoms with Gasteiger partial charge in [0.1, 0.15) is 0 Å². The normalized spacial score (nSPS) is 11.4. The Hall–Kier alpha value is -3.08. The third-order valence-corrected chi connectivity index (χ3v) is 4.20. The fourth-order valence-electron chi connectivity index (χ4n) is 2.94. The lowest BCUT2D eigenvalue weighted by Crippen LogP contribution is -2.28. The Morgan fingerprint density at radius 1 is 0.808 bits per heavy atom. The van der Waals surface area contributed by atoms with Gasteiger partial charge in [-0.1, -0.05) is 96.8 Å². The molecule has 0 saturated carbocycles. The highest BCUT2D eigenvalue weighted by Gasteiger charge is 2.17. The average Bonchev–Trinajstić information content (AvgIpc) is 2.71. The molecule has 3 aromatic carbocycles. The van der Waals surface area contributed by atoms with E-state index in [1.807, 2.05) is 48.5 Å². The van der Waals surface area contributed by atoms with Crippen molar-refractivity contribution in [3.05, 3.63) is 120 Å². The maximum absolute atomic E-state index is 3.95. The van der Waals surface area contributed by atoms with E-state index >= 15 is 0 Å². The van der Waals surface area contributed by atoms with Gasteiger partial charge in [0.15, 0.2) is 0 Å². The zero-order chi connectivity index (χ0) is 18.0. The van der Waals surface area contributed by atoms with Crippen LogP contribution in [0, 0.1) is 11.8 Å². The lowest BCUT2D eigenvalue weighted by molar-refractivity contribution is 0.255. The Morgan fingerprint density at radius 2 is 1.38 bits per heavy atom. The van der Waals surface area contributed by atoms with Gasteiger partial charge in [0.25, 0.3) is 0 Å². The summed E-state index contributed by atoms with van der Waals surface area (Å²) in [6.45, 7) is 5.55. The predicted octanol–water partition coefficient (Wildman–Crippen LogP) is 5.47. The Balaban J connectivity index is 1.94. The highest BCUT2D eigenvalue weighted by Crippen LogP contribution is 2.22. The van der Waals surface area contributed by atoms with Crippen LogP contribution in [0.5, 0.6) is 0 Å². The van der Waals surface area contributed by atoms with Crippen LogP contribution in [0.4, 0.5) is 0 Å². The summed E-state index contributed by atoms with van der Waals surface area (Å²) < 4.78 is 0. The second-order valence-electron chi connectivity index (χ2n) is 6.15. The van der Waals surface area contributed by atoms with Crippen molar-refractivity contribution >= 4 is 0 Å². The Morgan fingerprint density at radius 3 is 2.00 bits per heavy atom. The van der Waals surface area contributed by atoms with Crippen LogP contribution < -0.4 is 0 Å². The molecule has 0 heterocycles. The summed E-state index contributed by atoms with van der Waals surface area (Å²) in [5, 5.41) is 0. The van der Waals surface area contributed by atoms with E-state index in [1.165, 1.54) is 11.1 Å². The molecule has 0 N–H and O–H groups in total. The van der Waals surface area contributed by atoms with Crippen LogP contribution in [-0.4, -0.2) is 11.4 Å². The standard InChI is InChI=1S/C25H23N/c1-2-20-26(21-23-14-8-4-9-15-23)25(24-16-10-5-11-17-24)19-18-22-12-6-3-7-13-22/h2-17,25H,1,20-21H2. The first-order valence-electron chi connectivity index (χ1n) is 8.87. The molecule has 0 spiro atoms. The minimum atomic E-state index is 0.00890. The van der Waals surface area contributed by atoms with E-state index in [0.717, 1.165) is 18.7 Å². The van der Waals surface area contributed by atoms with Crippen LogP contribution in [-0.2, 0) is 6.54 Å². The number of rotatable bonds is 6. The monoisotopic (exact) mass is 337 g/mol. The quantitative estimate of drug-likeness (QED) is 0.426. The molecule has 128 valence electrons. The lowest BCUT2D eigenvalue weighted by Gasteiger charge is -2.27. The molecule has 26 heavy (non-hydrogen) atoms. The van der Waals surface area contributed by atoms with Crippen molar-refractivity contribution in [3.8, 4) is 11.8 Å². The van der Waals surface area contributed by atoms with Crippen LogP contribution in [0.3, 0.4) is 0 Å². The van der Waals surface area contributed by atoms with E-state index in [9.17, 15) is 0 Å². The molecule has 1 atom stereocenters. The van der Waals surface area contributed by atoms with Crippen molar-refractivity contribution in [2.45, 2.75) is 12.6 Å². The first-order valence-corrected chi connectivity index (χ1v) is 8.87. The molecular formula is C25H23N. The third-order valence-electron chi connectivity index (χ3n) is 4.20. The molecule has 0 aromatic heterocycles. The molecule has 1 heteroatoms. The number of nitrogens with zero attached hydrogens (tertiary/aromatic N) is 1. The molecular weight excluding hydrogens is 314 g/mol. The Labute approximate surface area is 156 Å². The zero-order valence-electron chi connectivity index (χ0n) is 14.9. The molecule has 0 radical (unpaired) electrons. The second kappa shape index (κ2) is 9.42. The van der Waals surface area contributed by atoms with E-state index in [2.05, 4.69) is 71.9 Å². The molecule has 0 bridgehead atoms. The maximum atomic E-state index is 3.95. The van der Waals surface area contributed by atoms with Crippen LogP contribution >= 0.6 is 0 Å². The Kier molecular flexibility index (Phi) is 6.42. The van der Waals surface area contributed by atoms with E-state index in [0.29, 0.717) is 0 Å². The van der Waals surface area contributed by atoms with Crippen molar-refractivity contribution in [1.29, 1.82) is 0 Å². The van der Waals surface area contributed by atoms with Gasteiger partial charge in [-0.25, -0.2) is 0 Å². The highest BCUT2D eigenvalue weighted by atomic mass is 15.1.